The molecule has 162 valence electrons. The van der Waals surface area contributed by atoms with Crippen molar-refractivity contribution < 1.29 is 19.1 Å². The molecular formula is C22H30N4O4. The van der Waals surface area contributed by atoms with Crippen LogP contribution in [0.1, 0.15) is 60.5 Å². The molecule has 3 aromatic rings. The van der Waals surface area contributed by atoms with Crippen LogP contribution in [0.15, 0.2) is 12.1 Å². The molecule has 1 aromatic carbocycles. The number of benzene rings is 1. The van der Waals surface area contributed by atoms with Crippen molar-refractivity contribution in [2.24, 2.45) is 0 Å². The smallest absolute Gasteiger partial charge is 0.267 e. The lowest BCUT2D eigenvalue weighted by Crippen LogP contribution is -2.24. The molecule has 0 bridgehead atoms. The van der Waals surface area contributed by atoms with Crippen molar-refractivity contribution in [2.75, 3.05) is 27.3 Å². The van der Waals surface area contributed by atoms with E-state index in [9.17, 15) is 9.59 Å². The minimum absolute atomic E-state index is 0.182. The van der Waals surface area contributed by atoms with Crippen LogP contribution in [0.4, 0.5) is 0 Å². The van der Waals surface area contributed by atoms with E-state index in [-0.39, 0.29) is 11.8 Å². The van der Waals surface area contributed by atoms with Crippen LogP contribution < -0.4 is 20.1 Å². The second-order valence-corrected chi connectivity index (χ2v) is 7.23. The Labute approximate surface area is 175 Å². The van der Waals surface area contributed by atoms with Gasteiger partial charge in [-0.2, -0.15) is 0 Å². The Balaban J connectivity index is 2.08. The summed E-state index contributed by atoms with van der Waals surface area (Å²) in [5.74, 6) is 0.664. The number of H-pyrrole nitrogens is 2. The lowest BCUT2D eigenvalue weighted by Gasteiger charge is -2.10. The standard InChI is InChI=1S/C22H30N4O4/c1-5-7-9-23-21(27)15-11-13-17(25-15)18-14(20(30-4)19(13)29-3)12-16(26-18)22(28)24-10-8-6-2/h11-12,25-26H,5-10H2,1-4H3,(H,23,27)(H,24,28). The van der Waals surface area contributed by atoms with Gasteiger partial charge >= 0.3 is 0 Å². The van der Waals surface area contributed by atoms with E-state index in [0.29, 0.717) is 57.8 Å². The predicted molar refractivity (Wildman–Crippen MR) is 118 cm³/mol. The van der Waals surface area contributed by atoms with Gasteiger partial charge < -0.3 is 30.1 Å². The fourth-order valence-corrected chi connectivity index (χ4v) is 3.50. The van der Waals surface area contributed by atoms with E-state index in [1.54, 1.807) is 26.4 Å². The molecule has 4 N–H and O–H groups in total. The number of ether oxygens (including phenoxy) is 2. The Morgan fingerprint density at radius 2 is 1.20 bits per heavy atom. The van der Waals surface area contributed by atoms with Crippen molar-refractivity contribution in [2.45, 2.75) is 39.5 Å². The van der Waals surface area contributed by atoms with Gasteiger partial charge in [-0.3, -0.25) is 9.59 Å². The summed E-state index contributed by atoms with van der Waals surface area (Å²) in [6.07, 6.45) is 3.84. The van der Waals surface area contributed by atoms with Gasteiger partial charge in [0.15, 0.2) is 11.5 Å². The molecule has 0 radical (unpaired) electrons. The number of nitrogens with one attached hydrogen (secondary N) is 4. The van der Waals surface area contributed by atoms with Crippen LogP contribution in [0, 0.1) is 0 Å². The Hall–Kier alpha value is -3.16. The SMILES string of the molecule is CCCCNC(=O)c1cc2c(OC)c(OC)c3cc(C(=O)NCCCC)[nH]c3c2[nH]1. The molecule has 0 spiro atoms. The molecule has 0 aliphatic rings. The highest BCUT2D eigenvalue weighted by molar-refractivity contribution is 6.15. The van der Waals surface area contributed by atoms with Crippen LogP contribution in [0.25, 0.3) is 21.8 Å². The third kappa shape index (κ3) is 4.08. The Kier molecular flexibility index (Phi) is 6.87. The number of hydrogen-bond acceptors (Lipinski definition) is 4. The second kappa shape index (κ2) is 9.56. The van der Waals surface area contributed by atoms with E-state index >= 15 is 0 Å². The first-order chi connectivity index (χ1) is 14.5. The average molecular weight is 415 g/mol. The Bertz CT molecular complexity index is 967. The Morgan fingerprint density at radius 1 is 0.800 bits per heavy atom. The molecule has 2 amide bonds. The summed E-state index contributed by atoms with van der Waals surface area (Å²) in [6, 6.07) is 3.50. The number of aromatic nitrogens is 2. The number of aromatic amines is 2. The van der Waals surface area contributed by atoms with E-state index in [2.05, 4.69) is 34.4 Å². The van der Waals surface area contributed by atoms with Crippen molar-refractivity contribution in [3.8, 4) is 11.5 Å². The largest absolute Gasteiger partial charge is 0.492 e. The normalized spacial score (nSPS) is 11.1. The van der Waals surface area contributed by atoms with E-state index < -0.39 is 0 Å². The fraction of sp³-hybridized carbons (Fsp3) is 0.455. The number of methoxy groups -OCH3 is 2. The maximum atomic E-state index is 12.6. The fourth-order valence-electron chi connectivity index (χ4n) is 3.50. The van der Waals surface area contributed by atoms with Gasteiger partial charge in [0, 0.05) is 23.9 Å². The first kappa shape index (κ1) is 21.5. The van der Waals surface area contributed by atoms with E-state index in [4.69, 9.17) is 9.47 Å². The Morgan fingerprint density at radius 3 is 1.53 bits per heavy atom. The maximum Gasteiger partial charge on any atom is 0.267 e. The quantitative estimate of drug-likeness (QED) is 0.379. The summed E-state index contributed by atoms with van der Waals surface area (Å²) < 4.78 is 11.2. The highest BCUT2D eigenvalue weighted by Crippen LogP contribution is 2.43. The van der Waals surface area contributed by atoms with E-state index in [1.165, 1.54) is 0 Å². The number of carbonyl (C=O) groups is 2. The van der Waals surface area contributed by atoms with Gasteiger partial charge in [-0.05, 0) is 25.0 Å². The van der Waals surface area contributed by atoms with Crippen molar-refractivity contribution in [3.63, 3.8) is 0 Å². The van der Waals surface area contributed by atoms with E-state index in [0.717, 1.165) is 25.7 Å². The summed E-state index contributed by atoms with van der Waals surface area (Å²) in [5.41, 5.74) is 2.24. The van der Waals surface area contributed by atoms with Gasteiger partial charge in [0.05, 0.1) is 25.3 Å². The molecule has 0 saturated carbocycles. The second-order valence-electron chi connectivity index (χ2n) is 7.23. The molecule has 2 heterocycles. The van der Waals surface area contributed by atoms with Gasteiger partial charge in [0.1, 0.15) is 11.4 Å². The van der Waals surface area contributed by atoms with Gasteiger partial charge in [-0.1, -0.05) is 26.7 Å². The third-order valence-corrected chi connectivity index (χ3v) is 5.11. The molecule has 0 atom stereocenters. The zero-order valence-corrected chi connectivity index (χ0v) is 18.0. The van der Waals surface area contributed by atoms with Crippen LogP contribution in [-0.4, -0.2) is 49.1 Å². The summed E-state index contributed by atoms with van der Waals surface area (Å²) in [6.45, 7) is 5.38. The molecule has 0 aliphatic carbocycles. The molecule has 0 fully saturated rings. The summed E-state index contributed by atoms with van der Waals surface area (Å²) in [4.78, 5) is 31.5. The molecule has 8 heteroatoms. The average Bonchev–Trinajstić information content (AvgIpc) is 3.37. The molecule has 0 saturated heterocycles. The van der Waals surface area contributed by atoms with Crippen molar-refractivity contribution >= 4 is 33.6 Å². The highest BCUT2D eigenvalue weighted by Gasteiger charge is 2.23. The number of hydrogen-bond donors (Lipinski definition) is 4. The first-order valence-electron chi connectivity index (χ1n) is 10.4. The lowest BCUT2D eigenvalue weighted by atomic mass is 10.1. The minimum Gasteiger partial charge on any atom is -0.492 e. The van der Waals surface area contributed by atoms with Gasteiger partial charge in [0.2, 0.25) is 0 Å². The number of amides is 2. The van der Waals surface area contributed by atoms with Gasteiger partial charge in [0.25, 0.3) is 11.8 Å². The van der Waals surface area contributed by atoms with Crippen LogP contribution in [0.2, 0.25) is 0 Å². The first-order valence-corrected chi connectivity index (χ1v) is 10.4. The predicted octanol–water partition coefficient (Wildman–Crippen LogP) is 3.73. The number of unbranched alkanes of at least 4 members (excludes halogenated alkanes) is 2. The molecule has 0 unspecified atom stereocenters. The third-order valence-electron chi connectivity index (χ3n) is 5.11. The minimum atomic E-state index is -0.182. The van der Waals surface area contributed by atoms with Crippen LogP contribution >= 0.6 is 0 Å². The van der Waals surface area contributed by atoms with E-state index in [1.807, 2.05) is 0 Å². The van der Waals surface area contributed by atoms with Gasteiger partial charge in [-0.25, -0.2) is 0 Å². The monoisotopic (exact) mass is 414 g/mol. The number of fused-ring (bicyclic) bond motifs is 3. The van der Waals surface area contributed by atoms with Crippen molar-refractivity contribution in [1.82, 2.24) is 20.6 Å². The van der Waals surface area contributed by atoms with Crippen LogP contribution in [0.5, 0.6) is 11.5 Å². The van der Waals surface area contributed by atoms with Gasteiger partial charge in [-0.15, -0.1) is 0 Å². The molecule has 30 heavy (non-hydrogen) atoms. The summed E-state index contributed by atoms with van der Waals surface area (Å²) in [7, 11) is 3.12. The topological polar surface area (TPSA) is 108 Å². The van der Waals surface area contributed by atoms with Crippen LogP contribution in [-0.2, 0) is 0 Å². The zero-order chi connectivity index (χ0) is 21.7. The summed E-state index contributed by atoms with van der Waals surface area (Å²) in [5, 5.41) is 7.24. The molecule has 8 nitrogen and oxygen atoms in total. The summed E-state index contributed by atoms with van der Waals surface area (Å²) >= 11 is 0. The van der Waals surface area contributed by atoms with Crippen molar-refractivity contribution in [3.05, 3.63) is 23.5 Å². The molecule has 0 aliphatic heterocycles. The lowest BCUT2D eigenvalue weighted by molar-refractivity contribution is 0.0941. The zero-order valence-electron chi connectivity index (χ0n) is 18.0. The molecule has 2 aromatic heterocycles. The molecular weight excluding hydrogens is 384 g/mol. The molecule has 3 rings (SSSR count). The number of rotatable bonds is 10. The maximum absolute atomic E-state index is 12.6. The van der Waals surface area contributed by atoms with Crippen molar-refractivity contribution in [1.29, 1.82) is 0 Å². The van der Waals surface area contributed by atoms with Crippen LogP contribution in [0.3, 0.4) is 0 Å². The number of carbonyl (C=O) groups excluding carboxylic acids is 2. The highest BCUT2D eigenvalue weighted by atomic mass is 16.5.